The van der Waals surface area contributed by atoms with Crippen molar-refractivity contribution < 1.29 is 9.18 Å². The lowest BCUT2D eigenvalue weighted by atomic mass is 10.2. The molecule has 3 rings (SSSR count). The predicted octanol–water partition coefficient (Wildman–Crippen LogP) is 4.29. The van der Waals surface area contributed by atoms with Gasteiger partial charge in [0.05, 0.1) is 27.5 Å². The molecule has 0 atom stereocenters. The van der Waals surface area contributed by atoms with Gasteiger partial charge in [0, 0.05) is 12.7 Å². The monoisotopic (exact) mass is 377 g/mol. The fraction of sp³-hybridized carbons (Fsp3) is 0.111. The van der Waals surface area contributed by atoms with Gasteiger partial charge in [-0.05, 0) is 36.2 Å². The lowest BCUT2D eigenvalue weighted by molar-refractivity contribution is 0.0954. The topological polar surface area (TPSA) is 46.9 Å². The highest BCUT2D eigenvalue weighted by Crippen LogP contribution is 2.24. The second kappa shape index (κ2) is 7.68. The van der Waals surface area contributed by atoms with Gasteiger partial charge in [0.15, 0.2) is 0 Å². The van der Waals surface area contributed by atoms with E-state index in [1.165, 1.54) is 6.07 Å². The highest BCUT2D eigenvalue weighted by Gasteiger charge is 2.14. The zero-order chi connectivity index (χ0) is 17.8. The SMILES string of the molecule is O=C(NCCc1cnn(-c2ccccc2)c1)c1cc(F)c(Cl)cc1Cl. The number of nitrogens with zero attached hydrogens (tertiary/aromatic N) is 2. The van der Waals surface area contributed by atoms with Crippen molar-refractivity contribution in [3.8, 4) is 5.69 Å². The van der Waals surface area contributed by atoms with Gasteiger partial charge in [0.25, 0.3) is 5.91 Å². The van der Waals surface area contributed by atoms with Gasteiger partial charge >= 0.3 is 0 Å². The number of aromatic nitrogens is 2. The van der Waals surface area contributed by atoms with E-state index < -0.39 is 11.7 Å². The molecule has 4 nitrogen and oxygen atoms in total. The smallest absolute Gasteiger partial charge is 0.252 e. The molecule has 2 aromatic carbocycles. The van der Waals surface area contributed by atoms with E-state index in [2.05, 4.69) is 10.4 Å². The summed E-state index contributed by atoms with van der Waals surface area (Å²) in [5.41, 5.74) is 1.99. The minimum atomic E-state index is -0.680. The molecule has 3 aromatic rings. The summed E-state index contributed by atoms with van der Waals surface area (Å²) >= 11 is 11.6. The Kier molecular flexibility index (Phi) is 5.36. The van der Waals surface area contributed by atoms with Crippen LogP contribution in [0.3, 0.4) is 0 Å². The van der Waals surface area contributed by atoms with Gasteiger partial charge in [-0.3, -0.25) is 4.79 Å². The Morgan fingerprint density at radius 1 is 1.16 bits per heavy atom. The number of carbonyl (C=O) groups is 1. The van der Waals surface area contributed by atoms with Crippen LogP contribution < -0.4 is 5.32 Å². The Hall–Kier alpha value is -2.37. The average Bonchev–Trinajstić information content (AvgIpc) is 3.08. The van der Waals surface area contributed by atoms with Crippen molar-refractivity contribution in [1.82, 2.24) is 15.1 Å². The molecule has 1 aromatic heterocycles. The first-order valence-corrected chi connectivity index (χ1v) is 8.32. The summed E-state index contributed by atoms with van der Waals surface area (Å²) in [7, 11) is 0. The minimum absolute atomic E-state index is 0.0588. The molecule has 0 aliphatic carbocycles. The van der Waals surface area contributed by atoms with Crippen LogP contribution in [-0.4, -0.2) is 22.2 Å². The van der Waals surface area contributed by atoms with Crippen molar-refractivity contribution in [3.05, 3.63) is 81.8 Å². The van der Waals surface area contributed by atoms with Gasteiger partial charge in [0.2, 0.25) is 0 Å². The van der Waals surface area contributed by atoms with Crippen LogP contribution in [0.5, 0.6) is 0 Å². The maximum atomic E-state index is 13.5. The van der Waals surface area contributed by atoms with Crippen LogP contribution in [0, 0.1) is 5.82 Å². The normalized spacial score (nSPS) is 10.7. The first-order valence-electron chi connectivity index (χ1n) is 7.56. The highest BCUT2D eigenvalue weighted by atomic mass is 35.5. The molecule has 0 saturated carbocycles. The van der Waals surface area contributed by atoms with Crippen LogP contribution >= 0.6 is 23.2 Å². The van der Waals surface area contributed by atoms with Gasteiger partial charge in [0.1, 0.15) is 5.82 Å². The predicted molar refractivity (Wildman–Crippen MR) is 96.0 cm³/mol. The van der Waals surface area contributed by atoms with Crippen LogP contribution in [0.1, 0.15) is 15.9 Å². The second-order valence-electron chi connectivity index (χ2n) is 5.38. The Labute approximate surface area is 154 Å². The highest BCUT2D eigenvalue weighted by molar-refractivity contribution is 6.36. The maximum absolute atomic E-state index is 13.5. The fourth-order valence-corrected chi connectivity index (χ4v) is 2.79. The van der Waals surface area contributed by atoms with Crippen molar-refractivity contribution in [2.45, 2.75) is 6.42 Å². The summed E-state index contributed by atoms with van der Waals surface area (Å²) in [4.78, 5) is 12.1. The van der Waals surface area contributed by atoms with Crippen LogP contribution in [0.4, 0.5) is 4.39 Å². The molecule has 25 heavy (non-hydrogen) atoms. The summed E-state index contributed by atoms with van der Waals surface area (Å²) in [5.74, 6) is -1.13. The van der Waals surface area contributed by atoms with Crippen LogP contribution in [0.25, 0.3) is 5.69 Å². The molecule has 1 heterocycles. The number of rotatable bonds is 5. The second-order valence-corrected chi connectivity index (χ2v) is 6.20. The van der Waals surface area contributed by atoms with Gasteiger partial charge in [-0.25, -0.2) is 9.07 Å². The Morgan fingerprint density at radius 2 is 1.92 bits per heavy atom. The van der Waals surface area contributed by atoms with Crippen molar-refractivity contribution in [1.29, 1.82) is 0 Å². The molecule has 1 N–H and O–H groups in total. The zero-order valence-corrected chi connectivity index (χ0v) is 14.6. The van der Waals surface area contributed by atoms with E-state index in [1.54, 1.807) is 10.9 Å². The molecule has 0 spiro atoms. The molecule has 7 heteroatoms. The van der Waals surface area contributed by atoms with Crippen molar-refractivity contribution in [3.63, 3.8) is 0 Å². The molecular weight excluding hydrogens is 364 g/mol. The molecular formula is C18H14Cl2FN3O. The first-order chi connectivity index (χ1) is 12.0. The Balaban J connectivity index is 1.59. The van der Waals surface area contributed by atoms with E-state index >= 15 is 0 Å². The number of hydrogen-bond donors (Lipinski definition) is 1. The van der Waals surface area contributed by atoms with Crippen LogP contribution in [-0.2, 0) is 6.42 Å². The summed E-state index contributed by atoms with van der Waals surface area (Å²) in [6.07, 6.45) is 4.23. The van der Waals surface area contributed by atoms with Crippen molar-refractivity contribution in [2.75, 3.05) is 6.54 Å². The molecule has 0 saturated heterocycles. The zero-order valence-electron chi connectivity index (χ0n) is 13.0. The molecule has 0 aliphatic heterocycles. The Morgan fingerprint density at radius 3 is 2.68 bits per heavy atom. The lowest BCUT2D eigenvalue weighted by Gasteiger charge is -2.07. The standard InChI is InChI=1S/C18H14Cl2FN3O/c19-15-9-16(20)17(21)8-14(15)18(25)22-7-6-12-10-23-24(11-12)13-4-2-1-3-5-13/h1-5,8-11H,6-7H2,(H,22,25). The molecule has 0 bridgehead atoms. The van der Waals surface area contributed by atoms with E-state index in [1.807, 2.05) is 36.5 Å². The third-order valence-electron chi connectivity index (χ3n) is 3.61. The largest absolute Gasteiger partial charge is 0.352 e. The fourth-order valence-electron chi connectivity index (χ4n) is 2.32. The summed E-state index contributed by atoms with van der Waals surface area (Å²) < 4.78 is 15.3. The quantitative estimate of drug-likeness (QED) is 0.674. The number of amides is 1. The molecule has 128 valence electrons. The Bertz CT molecular complexity index is 897. The van der Waals surface area contributed by atoms with Crippen molar-refractivity contribution in [2.24, 2.45) is 0 Å². The lowest BCUT2D eigenvalue weighted by Crippen LogP contribution is -2.26. The van der Waals surface area contributed by atoms with Gasteiger partial charge in [-0.15, -0.1) is 0 Å². The third kappa shape index (κ3) is 4.18. The molecule has 0 aliphatic rings. The summed E-state index contributed by atoms with van der Waals surface area (Å²) in [5, 5.41) is 7.01. The number of nitrogens with one attached hydrogen (secondary N) is 1. The number of carbonyl (C=O) groups excluding carboxylic acids is 1. The summed E-state index contributed by atoms with van der Waals surface area (Å²) in [6, 6.07) is 12.0. The number of halogens is 3. The van der Waals surface area contributed by atoms with E-state index in [0.29, 0.717) is 13.0 Å². The number of hydrogen-bond acceptors (Lipinski definition) is 2. The van der Waals surface area contributed by atoms with Gasteiger partial charge < -0.3 is 5.32 Å². The molecule has 0 radical (unpaired) electrons. The number of para-hydroxylation sites is 1. The van der Waals surface area contributed by atoms with Gasteiger partial charge in [-0.2, -0.15) is 5.10 Å². The van der Waals surface area contributed by atoms with Gasteiger partial charge in [-0.1, -0.05) is 41.4 Å². The van der Waals surface area contributed by atoms with Crippen LogP contribution in [0.15, 0.2) is 54.9 Å². The van der Waals surface area contributed by atoms with E-state index in [0.717, 1.165) is 17.3 Å². The number of benzene rings is 2. The van der Waals surface area contributed by atoms with E-state index in [9.17, 15) is 9.18 Å². The van der Waals surface area contributed by atoms with Crippen molar-refractivity contribution >= 4 is 29.1 Å². The first kappa shape index (κ1) is 17.5. The summed E-state index contributed by atoms with van der Waals surface area (Å²) in [6.45, 7) is 0.375. The van der Waals surface area contributed by atoms with E-state index in [-0.39, 0.29) is 15.6 Å². The average molecular weight is 378 g/mol. The minimum Gasteiger partial charge on any atom is -0.352 e. The maximum Gasteiger partial charge on any atom is 0.252 e. The van der Waals surface area contributed by atoms with E-state index in [4.69, 9.17) is 23.2 Å². The molecule has 0 unspecified atom stereocenters. The molecule has 0 fully saturated rings. The third-order valence-corrected chi connectivity index (χ3v) is 4.21. The molecule has 1 amide bonds. The van der Waals surface area contributed by atoms with Crippen LogP contribution in [0.2, 0.25) is 10.0 Å².